The Hall–Kier alpha value is 0.880. The first-order valence-corrected chi connectivity index (χ1v) is 10.3. The van der Waals surface area contributed by atoms with Crippen LogP contribution in [0.15, 0.2) is 12.6 Å². The summed E-state index contributed by atoms with van der Waals surface area (Å²) in [5, 5.41) is -4.32. The predicted octanol–water partition coefficient (Wildman–Crippen LogP) is 4.53. The van der Waals surface area contributed by atoms with Crippen LogP contribution in [0.2, 0.25) is 0 Å². The molecule has 10 heteroatoms. The van der Waals surface area contributed by atoms with Gasteiger partial charge in [0.25, 0.3) is 0 Å². The minimum Gasteiger partial charge on any atom is -0.369 e. The average Bonchev–Trinajstić information content (AvgIpc) is 2.36. The van der Waals surface area contributed by atoms with Gasteiger partial charge in [0.05, 0.1) is 6.61 Å². The monoisotopic (exact) mass is 670 g/mol. The third-order valence-electron chi connectivity index (χ3n) is 2.61. The van der Waals surface area contributed by atoms with E-state index in [0.717, 1.165) is 21.8 Å². The van der Waals surface area contributed by atoms with Gasteiger partial charge in [0, 0.05) is 16.3 Å². The Labute approximate surface area is 168 Å². The smallest absolute Gasteiger partial charge is 0.369 e. The Bertz CT molecular complexity index is 705. The SMILES string of the molecule is C=C(C)c1cc(I)c(COCC(F)(F)S(=O)(=O)O)c(I)c1I. The Balaban J connectivity index is 2.97. The number of alkyl halides is 2. The summed E-state index contributed by atoms with van der Waals surface area (Å²) in [6.07, 6.45) is 0. The maximum absolute atomic E-state index is 13.1. The van der Waals surface area contributed by atoms with Gasteiger partial charge in [-0.2, -0.15) is 17.2 Å². The molecule has 1 rings (SSSR count). The molecule has 0 saturated heterocycles. The third-order valence-corrected chi connectivity index (χ3v) is 7.79. The lowest BCUT2D eigenvalue weighted by Crippen LogP contribution is -2.33. The summed E-state index contributed by atoms with van der Waals surface area (Å²) < 4.78 is 63.0. The molecule has 1 aromatic carbocycles. The average molecular weight is 670 g/mol. The van der Waals surface area contributed by atoms with Gasteiger partial charge in [-0.3, -0.25) is 4.55 Å². The normalized spacial score (nSPS) is 12.5. The molecule has 0 heterocycles. The van der Waals surface area contributed by atoms with Crippen LogP contribution in [0.3, 0.4) is 0 Å². The summed E-state index contributed by atoms with van der Waals surface area (Å²) in [6, 6.07) is 1.87. The van der Waals surface area contributed by atoms with E-state index in [1.807, 2.05) is 13.0 Å². The standard InChI is InChI=1S/C12H11F2I3O4S/c1-6(2)7-3-9(15)8(11(17)10(7)16)4-21-5-12(13,14)22(18,19)20/h3H,1,4-5H2,2H3,(H,18,19,20). The zero-order valence-corrected chi connectivity index (χ0v) is 18.5. The lowest BCUT2D eigenvalue weighted by Gasteiger charge is -2.16. The van der Waals surface area contributed by atoms with Crippen molar-refractivity contribution in [2.24, 2.45) is 0 Å². The lowest BCUT2D eigenvalue weighted by molar-refractivity contribution is -0.0267. The molecule has 0 aliphatic carbocycles. The summed E-state index contributed by atoms with van der Waals surface area (Å²) in [7, 11) is -5.48. The van der Waals surface area contributed by atoms with Gasteiger partial charge < -0.3 is 4.74 Å². The van der Waals surface area contributed by atoms with Gasteiger partial charge >= 0.3 is 15.4 Å². The van der Waals surface area contributed by atoms with Crippen molar-refractivity contribution in [3.63, 3.8) is 0 Å². The largest absolute Gasteiger partial charge is 0.392 e. The first kappa shape index (κ1) is 20.9. The van der Waals surface area contributed by atoms with Crippen LogP contribution < -0.4 is 0 Å². The van der Waals surface area contributed by atoms with Crippen molar-refractivity contribution in [3.05, 3.63) is 34.5 Å². The van der Waals surface area contributed by atoms with E-state index >= 15 is 0 Å². The van der Waals surface area contributed by atoms with Crippen LogP contribution in [-0.4, -0.2) is 24.8 Å². The lowest BCUT2D eigenvalue weighted by atomic mass is 10.1. The van der Waals surface area contributed by atoms with Crippen molar-refractivity contribution in [3.8, 4) is 0 Å². The summed E-state index contributed by atoms with van der Waals surface area (Å²) >= 11 is 6.26. The van der Waals surface area contributed by atoms with Gasteiger partial charge in [0.15, 0.2) is 0 Å². The molecule has 0 fully saturated rings. The first-order chi connectivity index (χ1) is 9.88. The van der Waals surface area contributed by atoms with Gasteiger partial charge in [-0.05, 0) is 91.9 Å². The number of hydrogen-bond acceptors (Lipinski definition) is 3. The Morgan fingerprint density at radius 1 is 1.36 bits per heavy atom. The van der Waals surface area contributed by atoms with Crippen LogP contribution in [0.4, 0.5) is 8.78 Å². The number of halogens is 5. The zero-order valence-electron chi connectivity index (χ0n) is 11.2. The van der Waals surface area contributed by atoms with Crippen molar-refractivity contribution < 1.29 is 26.5 Å². The molecule has 0 aromatic heterocycles. The van der Waals surface area contributed by atoms with E-state index in [-0.39, 0.29) is 6.61 Å². The summed E-state index contributed by atoms with van der Waals surface area (Å²) in [5.74, 6) is 0. The van der Waals surface area contributed by atoms with Gasteiger partial charge in [0.1, 0.15) is 6.61 Å². The molecular weight excluding hydrogens is 659 g/mol. The molecule has 0 spiro atoms. The highest BCUT2D eigenvalue weighted by atomic mass is 127. The molecule has 1 N–H and O–H groups in total. The van der Waals surface area contributed by atoms with Crippen LogP contribution in [0, 0.1) is 10.7 Å². The number of rotatable bonds is 6. The third kappa shape index (κ3) is 4.94. The summed E-state index contributed by atoms with van der Waals surface area (Å²) in [5.41, 5.74) is 2.52. The maximum atomic E-state index is 13.1. The van der Waals surface area contributed by atoms with E-state index < -0.39 is 22.0 Å². The van der Waals surface area contributed by atoms with Crippen LogP contribution >= 0.6 is 67.8 Å². The molecule has 1 aromatic rings. The maximum Gasteiger partial charge on any atom is 0.392 e. The first-order valence-electron chi connectivity index (χ1n) is 5.63. The van der Waals surface area contributed by atoms with Crippen LogP contribution in [0.25, 0.3) is 5.57 Å². The van der Waals surface area contributed by atoms with E-state index in [4.69, 9.17) is 9.29 Å². The molecule has 22 heavy (non-hydrogen) atoms. The van der Waals surface area contributed by atoms with Crippen molar-refractivity contribution in [1.82, 2.24) is 0 Å². The topological polar surface area (TPSA) is 63.6 Å². The fourth-order valence-corrected chi connectivity index (χ4v) is 4.59. The van der Waals surface area contributed by atoms with E-state index in [1.165, 1.54) is 0 Å². The van der Waals surface area contributed by atoms with E-state index in [9.17, 15) is 17.2 Å². The van der Waals surface area contributed by atoms with E-state index in [2.05, 4.69) is 74.4 Å². The van der Waals surface area contributed by atoms with Gasteiger partial charge in [0.2, 0.25) is 0 Å². The molecule has 0 bridgehead atoms. The molecule has 124 valence electrons. The highest BCUT2D eigenvalue weighted by molar-refractivity contribution is 14.1. The number of benzene rings is 1. The Morgan fingerprint density at radius 2 is 1.91 bits per heavy atom. The quantitative estimate of drug-likeness (QED) is 0.275. The van der Waals surface area contributed by atoms with Crippen molar-refractivity contribution in [2.45, 2.75) is 18.8 Å². The molecule has 0 radical (unpaired) electrons. The van der Waals surface area contributed by atoms with E-state index in [0.29, 0.717) is 5.56 Å². The molecule has 0 aliphatic heterocycles. The molecule has 0 amide bonds. The van der Waals surface area contributed by atoms with Crippen LogP contribution in [-0.2, 0) is 21.5 Å². The molecule has 0 aliphatic rings. The molecule has 0 saturated carbocycles. The second-order valence-electron chi connectivity index (χ2n) is 4.40. The van der Waals surface area contributed by atoms with Crippen LogP contribution in [0.5, 0.6) is 0 Å². The number of ether oxygens (including phenoxy) is 1. The fraction of sp³-hybridized carbons (Fsp3) is 0.333. The minimum atomic E-state index is -5.48. The van der Waals surface area contributed by atoms with Crippen molar-refractivity contribution in [2.75, 3.05) is 6.61 Å². The number of hydrogen-bond donors (Lipinski definition) is 1. The fourth-order valence-electron chi connectivity index (χ4n) is 1.42. The van der Waals surface area contributed by atoms with Crippen LogP contribution in [0.1, 0.15) is 18.1 Å². The molecule has 0 unspecified atom stereocenters. The molecule has 0 atom stereocenters. The predicted molar refractivity (Wildman–Crippen MR) is 105 cm³/mol. The second kappa shape index (κ2) is 7.84. The van der Waals surface area contributed by atoms with Crippen molar-refractivity contribution >= 4 is 83.5 Å². The van der Waals surface area contributed by atoms with Gasteiger partial charge in [-0.1, -0.05) is 6.58 Å². The summed E-state index contributed by atoms with van der Waals surface area (Å²) in [6.45, 7) is 4.16. The highest BCUT2D eigenvalue weighted by Gasteiger charge is 2.44. The van der Waals surface area contributed by atoms with Gasteiger partial charge in [-0.25, -0.2) is 0 Å². The second-order valence-corrected chi connectivity index (χ2v) is 9.27. The molecule has 4 nitrogen and oxygen atoms in total. The van der Waals surface area contributed by atoms with E-state index in [1.54, 1.807) is 0 Å². The number of allylic oxidation sites excluding steroid dienone is 1. The zero-order chi connectivity index (χ0) is 17.3. The highest BCUT2D eigenvalue weighted by Crippen LogP contribution is 2.32. The van der Waals surface area contributed by atoms with Gasteiger partial charge in [-0.15, -0.1) is 0 Å². The minimum absolute atomic E-state index is 0.186. The Morgan fingerprint density at radius 3 is 2.36 bits per heavy atom. The van der Waals surface area contributed by atoms with Crippen molar-refractivity contribution in [1.29, 1.82) is 0 Å². The molecular formula is C12H11F2I3O4S. The summed E-state index contributed by atoms with van der Waals surface area (Å²) in [4.78, 5) is 0. The Kier molecular flexibility index (Phi) is 7.46.